The number of aryl methyl sites for hydroxylation is 1. The van der Waals surface area contributed by atoms with Gasteiger partial charge in [-0.2, -0.15) is 5.10 Å². The summed E-state index contributed by atoms with van der Waals surface area (Å²) in [5.74, 6) is -0.327. The van der Waals surface area contributed by atoms with Crippen molar-refractivity contribution in [3.8, 4) is 11.3 Å². The Hall–Kier alpha value is -2.58. The third-order valence-electron chi connectivity index (χ3n) is 7.27. The predicted octanol–water partition coefficient (Wildman–Crippen LogP) is 4.88. The topological polar surface area (TPSA) is 58.9 Å². The normalized spacial score (nSPS) is 27.5. The maximum atomic E-state index is 14.6. The van der Waals surface area contributed by atoms with Crippen LogP contribution in [-0.4, -0.2) is 43.9 Å². The first-order valence-corrected chi connectivity index (χ1v) is 12.0. The van der Waals surface area contributed by atoms with E-state index in [0.717, 1.165) is 45.0 Å². The average Bonchev–Trinajstić information content (AvgIpc) is 3.39. The number of hydrogen-bond acceptors (Lipinski definition) is 6. The molecule has 0 saturated carbocycles. The van der Waals surface area contributed by atoms with Gasteiger partial charge in [0.15, 0.2) is 10.9 Å². The van der Waals surface area contributed by atoms with Crippen LogP contribution in [0, 0.1) is 5.82 Å². The van der Waals surface area contributed by atoms with Gasteiger partial charge in [0.2, 0.25) is 0 Å². The van der Waals surface area contributed by atoms with E-state index in [-0.39, 0.29) is 16.9 Å². The molecule has 166 valence electrons. The minimum atomic E-state index is -0.327. The van der Waals surface area contributed by atoms with E-state index in [4.69, 9.17) is 9.97 Å². The Balaban J connectivity index is 1.33. The molecule has 8 heteroatoms. The van der Waals surface area contributed by atoms with Crippen LogP contribution in [-0.2, 0) is 7.05 Å². The van der Waals surface area contributed by atoms with E-state index in [1.54, 1.807) is 23.1 Å². The van der Waals surface area contributed by atoms with Gasteiger partial charge in [0.05, 0.1) is 5.69 Å². The SMILES string of the molecule is CN(c1nc2ccc(-c3cc(F)c4nn(C)cc4c3)nc2s1)C1CC2(C)CCC(C)(C1)N2. The highest BCUT2D eigenvalue weighted by Gasteiger charge is 2.49. The Kier molecular flexibility index (Phi) is 4.21. The molecule has 5 heterocycles. The van der Waals surface area contributed by atoms with Crippen molar-refractivity contribution in [3.05, 3.63) is 36.3 Å². The molecule has 0 aliphatic carbocycles. The number of rotatable bonds is 3. The number of halogens is 1. The number of fused-ring (bicyclic) bond motifs is 4. The summed E-state index contributed by atoms with van der Waals surface area (Å²) < 4.78 is 16.2. The summed E-state index contributed by atoms with van der Waals surface area (Å²) in [6.07, 6.45) is 6.54. The van der Waals surface area contributed by atoms with Crippen LogP contribution in [0.15, 0.2) is 30.5 Å². The number of nitrogens with one attached hydrogen (secondary N) is 1. The summed E-state index contributed by atoms with van der Waals surface area (Å²) in [6, 6.07) is 7.83. The van der Waals surface area contributed by atoms with Crippen molar-refractivity contribution >= 4 is 37.7 Å². The van der Waals surface area contributed by atoms with E-state index >= 15 is 0 Å². The van der Waals surface area contributed by atoms with E-state index < -0.39 is 0 Å². The van der Waals surface area contributed by atoms with Gasteiger partial charge in [0.25, 0.3) is 0 Å². The van der Waals surface area contributed by atoms with Crippen molar-refractivity contribution in [2.45, 2.75) is 56.7 Å². The standard InChI is InChI=1S/C24H27FN6S/c1-23-7-8-24(2,29-23)12-16(11-23)31(4)22-27-19-6-5-18(26-21(19)32-22)14-9-15-13-30(3)28-20(15)17(25)10-14/h5-6,9-10,13,16,29H,7-8,11-12H2,1-4H3. The number of piperidine rings is 1. The zero-order valence-corrected chi connectivity index (χ0v) is 19.6. The first kappa shape index (κ1) is 20.1. The number of thiazole rings is 1. The minimum Gasteiger partial charge on any atom is -0.348 e. The van der Waals surface area contributed by atoms with Gasteiger partial charge in [-0.25, -0.2) is 14.4 Å². The molecule has 2 aliphatic heterocycles. The smallest absolute Gasteiger partial charge is 0.187 e. The highest BCUT2D eigenvalue weighted by atomic mass is 32.1. The Labute approximate surface area is 190 Å². The summed E-state index contributed by atoms with van der Waals surface area (Å²) in [6.45, 7) is 4.70. The summed E-state index contributed by atoms with van der Waals surface area (Å²) in [5, 5.41) is 9.82. The first-order chi connectivity index (χ1) is 15.2. The highest BCUT2D eigenvalue weighted by molar-refractivity contribution is 7.21. The lowest BCUT2D eigenvalue weighted by Crippen LogP contribution is -2.58. The van der Waals surface area contributed by atoms with Gasteiger partial charge in [-0.1, -0.05) is 11.3 Å². The van der Waals surface area contributed by atoms with Crippen LogP contribution in [0.1, 0.15) is 39.5 Å². The molecule has 0 radical (unpaired) electrons. The monoisotopic (exact) mass is 450 g/mol. The summed E-state index contributed by atoms with van der Waals surface area (Å²) >= 11 is 1.61. The fraction of sp³-hybridized carbons (Fsp3) is 0.458. The largest absolute Gasteiger partial charge is 0.348 e. The number of anilines is 1. The van der Waals surface area contributed by atoms with E-state index in [2.05, 4.69) is 36.2 Å². The molecule has 6 rings (SSSR count). The van der Waals surface area contributed by atoms with E-state index in [0.29, 0.717) is 11.6 Å². The third-order valence-corrected chi connectivity index (χ3v) is 8.33. The van der Waals surface area contributed by atoms with Crippen LogP contribution in [0.5, 0.6) is 0 Å². The van der Waals surface area contributed by atoms with Gasteiger partial charge in [-0.15, -0.1) is 0 Å². The van der Waals surface area contributed by atoms with Gasteiger partial charge in [-0.05, 0) is 63.8 Å². The molecule has 0 spiro atoms. The Morgan fingerprint density at radius 2 is 1.91 bits per heavy atom. The van der Waals surface area contributed by atoms with Crippen LogP contribution < -0.4 is 10.2 Å². The summed E-state index contributed by atoms with van der Waals surface area (Å²) in [5.41, 5.74) is 3.20. The second-order valence-electron chi connectivity index (χ2n) is 10.1. The van der Waals surface area contributed by atoms with Crippen LogP contribution in [0.3, 0.4) is 0 Å². The van der Waals surface area contributed by atoms with Gasteiger partial charge >= 0.3 is 0 Å². The maximum absolute atomic E-state index is 14.6. The molecule has 2 saturated heterocycles. The molecule has 4 aromatic rings. The molecule has 2 aliphatic rings. The Morgan fingerprint density at radius 3 is 2.66 bits per heavy atom. The molecule has 3 aromatic heterocycles. The Morgan fingerprint density at radius 1 is 1.16 bits per heavy atom. The Bertz CT molecular complexity index is 1340. The number of aromatic nitrogens is 4. The van der Waals surface area contributed by atoms with Gasteiger partial charge < -0.3 is 10.2 Å². The second kappa shape index (κ2) is 6.71. The maximum Gasteiger partial charge on any atom is 0.187 e. The molecule has 32 heavy (non-hydrogen) atoms. The number of benzene rings is 1. The number of pyridine rings is 1. The van der Waals surface area contributed by atoms with Crippen molar-refractivity contribution in [2.75, 3.05) is 11.9 Å². The molecule has 0 amide bonds. The molecule has 2 bridgehead atoms. The quantitative estimate of drug-likeness (QED) is 0.482. The second-order valence-corrected chi connectivity index (χ2v) is 11.1. The fourth-order valence-corrected chi connectivity index (χ4v) is 6.70. The van der Waals surface area contributed by atoms with Gasteiger partial charge in [0.1, 0.15) is 15.9 Å². The van der Waals surface area contributed by atoms with Crippen LogP contribution >= 0.6 is 11.3 Å². The average molecular weight is 451 g/mol. The highest BCUT2D eigenvalue weighted by Crippen LogP contribution is 2.44. The molecule has 6 nitrogen and oxygen atoms in total. The lowest BCUT2D eigenvalue weighted by Gasteiger charge is -2.45. The van der Waals surface area contributed by atoms with Gasteiger partial charge in [0, 0.05) is 48.4 Å². The summed E-state index contributed by atoms with van der Waals surface area (Å²) in [7, 11) is 3.96. The van der Waals surface area contributed by atoms with Crippen molar-refractivity contribution in [3.63, 3.8) is 0 Å². The molecular weight excluding hydrogens is 423 g/mol. The van der Waals surface area contributed by atoms with E-state index in [9.17, 15) is 4.39 Å². The lowest BCUT2D eigenvalue weighted by molar-refractivity contribution is 0.208. The van der Waals surface area contributed by atoms with E-state index in [1.165, 1.54) is 18.9 Å². The van der Waals surface area contributed by atoms with Gasteiger partial charge in [-0.3, -0.25) is 4.68 Å². The van der Waals surface area contributed by atoms with Crippen molar-refractivity contribution < 1.29 is 4.39 Å². The van der Waals surface area contributed by atoms with Crippen molar-refractivity contribution in [2.24, 2.45) is 7.05 Å². The molecular formula is C24H27FN6S. The zero-order chi connectivity index (χ0) is 22.3. The molecule has 2 unspecified atom stereocenters. The zero-order valence-electron chi connectivity index (χ0n) is 18.8. The van der Waals surface area contributed by atoms with Crippen LogP contribution in [0.2, 0.25) is 0 Å². The van der Waals surface area contributed by atoms with Crippen molar-refractivity contribution in [1.29, 1.82) is 0 Å². The fourth-order valence-electron chi connectivity index (χ4n) is 5.73. The minimum absolute atomic E-state index is 0.211. The van der Waals surface area contributed by atoms with E-state index in [1.807, 2.05) is 24.4 Å². The molecule has 2 fully saturated rings. The van der Waals surface area contributed by atoms with Crippen LogP contribution in [0.4, 0.5) is 9.52 Å². The number of nitrogens with zero attached hydrogens (tertiary/aromatic N) is 5. The van der Waals surface area contributed by atoms with Crippen LogP contribution in [0.25, 0.3) is 32.5 Å². The molecule has 1 aromatic carbocycles. The third kappa shape index (κ3) is 3.19. The predicted molar refractivity (Wildman–Crippen MR) is 128 cm³/mol. The van der Waals surface area contributed by atoms with Crippen molar-refractivity contribution in [1.82, 2.24) is 25.1 Å². The lowest BCUT2D eigenvalue weighted by atomic mass is 9.84. The number of hydrogen-bond donors (Lipinski definition) is 1. The summed E-state index contributed by atoms with van der Waals surface area (Å²) in [4.78, 5) is 12.9. The molecule has 2 atom stereocenters. The first-order valence-electron chi connectivity index (χ1n) is 11.1. The molecule has 1 N–H and O–H groups in total.